The van der Waals surface area contributed by atoms with Gasteiger partial charge in [0.2, 0.25) is 5.88 Å². The minimum absolute atomic E-state index is 0.0740. The minimum Gasteiger partial charge on any atom is -0.468 e. The van der Waals surface area contributed by atoms with Crippen LogP contribution in [0, 0.1) is 0 Å². The number of hydrogen-bond acceptors (Lipinski definition) is 5. The lowest BCUT2D eigenvalue weighted by Crippen LogP contribution is -2.26. The highest BCUT2D eigenvalue weighted by Gasteiger charge is 2.28. The predicted octanol–water partition coefficient (Wildman–Crippen LogP) is 4.10. The molecule has 0 aliphatic rings. The zero-order valence-corrected chi connectivity index (χ0v) is 17.5. The fourth-order valence-electron chi connectivity index (χ4n) is 2.63. The third-order valence-electron chi connectivity index (χ3n) is 4.25. The summed E-state index contributed by atoms with van der Waals surface area (Å²) in [6.07, 6.45) is -3.36. The predicted molar refractivity (Wildman–Crippen MR) is 112 cm³/mol. The van der Waals surface area contributed by atoms with Crippen LogP contribution in [0.1, 0.15) is 10.4 Å². The summed E-state index contributed by atoms with van der Waals surface area (Å²) in [5.41, 5.74) is 0.732. The van der Waals surface area contributed by atoms with E-state index in [9.17, 15) is 26.4 Å². The van der Waals surface area contributed by atoms with Crippen molar-refractivity contribution in [2.75, 3.05) is 23.3 Å². The van der Waals surface area contributed by atoms with Gasteiger partial charge in [0.05, 0.1) is 22.5 Å². The molecule has 0 atom stereocenters. The number of hydrogen-bond donors (Lipinski definition) is 1. The van der Waals surface area contributed by atoms with E-state index in [4.69, 9.17) is 0 Å². The van der Waals surface area contributed by atoms with E-state index in [1.165, 1.54) is 43.4 Å². The Balaban J connectivity index is 1.73. The first-order valence-corrected chi connectivity index (χ1v) is 10.6. The van der Waals surface area contributed by atoms with E-state index >= 15 is 0 Å². The molecule has 168 valence electrons. The van der Waals surface area contributed by atoms with Gasteiger partial charge in [-0.2, -0.15) is 13.2 Å². The Morgan fingerprint density at radius 1 is 1.06 bits per heavy atom. The molecular weight excluding hydrogens is 447 g/mol. The van der Waals surface area contributed by atoms with Crippen molar-refractivity contribution >= 4 is 27.3 Å². The van der Waals surface area contributed by atoms with Crippen LogP contribution < -0.4 is 14.4 Å². The number of anilines is 2. The second-order valence-corrected chi connectivity index (χ2v) is 8.55. The molecule has 32 heavy (non-hydrogen) atoms. The standard InChI is InChI=1S/C21H18F3N3O4S/c1-27(17-7-3-2-4-8-17)32(29,30)18-9-5-6-15(12-18)20(28)26-16-10-11-19(25-13-16)31-14-21(22,23)24/h2-13H,14H2,1H3,(H,26,28). The van der Waals surface area contributed by atoms with Crippen molar-refractivity contribution in [3.63, 3.8) is 0 Å². The Morgan fingerprint density at radius 3 is 2.41 bits per heavy atom. The zero-order chi connectivity index (χ0) is 23.4. The topological polar surface area (TPSA) is 88.6 Å². The van der Waals surface area contributed by atoms with Crippen LogP contribution in [-0.4, -0.2) is 39.1 Å². The van der Waals surface area contributed by atoms with Gasteiger partial charge in [0.1, 0.15) is 0 Å². The van der Waals surface area contributed by atoms with Gasteiger partial charge in [0.15, 0.2) is 6.61 Å². The smallest absolute Gasteiger partial charge is 0.422 e. The fraction of sp³-hybridized carbons (Fsp3) is 0.143. The first-order chi connectivity index (χ1) is 15.1. The second-order valence-electron chi connectivity index (χ2n) is 6.58. The van der Waals surface area contributed by atoms with Gasteiger partial charge in [-0.05, 0) is 36.4 Å². The number of rotatable bonds is 7. The van der Waals surface area contributed by atoms with Gasteiger partial charge in [-0.15, -0.1) is 0 Å². The number of ether oxygens (including phenoxy) is 1. The van der Waals surface area contributed by atoms with E-state index in [1.807, 2.05) is 0 Å². The van der Waals surface area contributed by atoms with E-state index in [0.717, 1.165) is 10.5 Å². The molecule has 7 nitrogen and oxygen atoms in total. The maximum Gasteiger partial charge on any atom is 0.422 e. The van der Waals surface area contributed by atoms with Gasteiger partial charge >= 0.3 is 6.18 Å². The third kappa shape index (κ3) is 5.76. The maximum absolute atomic E-state index is 12.9. The number of alkyl halides is 3. The van der Waals surface area contributed by atoms with Crippen molar-refractivity contribution in [3.05, 3.63) is 78.5 Å². The number of nitrogens with one attached hydrogen (secondary N) is 1. The fourth-order valence-corrected chi connectivity index (χ4v) is 3.87. The molecule has 0 radical (unpaired) electrons. The van der Waals surface area contributed by atoms with Crippen molar-refractivity contribution in [3.8, 4) is 5.88 Å². The van der Waals surface area contributed by atoms with Gasteiger partial charge in [-0.25, -0.2) is 13.4 Å². The van der Waals surface area contributed by atoms with Crippen LogP contribution in [0.3, 0.4) is 0 Å². The number of halogens is 3. The molecule has 1 N–H and O–H groups in total. The number of amides is 1. The Hall–Kier alpha value is -3.60. The number of pyridine rings is 1. The molecule has 0 spiro atoms. The number of nitrogens with zero attached hydrogens (tertiary/aromatic N) is 2. The van der Waals surface area contributed by atoms with Gasteiger partial charge in [0, 0.05) is 18.7 Å². The molecule has 0 aliphatic carbocycles. The summed E-state index contributed by atoms with van der Waals surface area (Å²) >= 11 is 0. The number of carbonyl (C=O) groups is 1. The lowest BCUT2D eigenvalue weighted by molar-refractivity contribution is -0.154. The monoisotopic (exact) mass is 465 g/mol. The largest absolute Gasteiger partial charge is 0.468 e. The Bertz CT molecular complexity index is 1180. The van der Waals surface area contributed by atoms with E-state index in [0.29, 0.717) is 5.69 Å². The van der Waals surface area contributed by atoms with E-state index in [2.05, 4.69) is 15.0 Å². The molecule has 2 aromatic carbocycles. The molecule has 0 unspecified atom stereocenters. The highest BCUT2D eigenvalue weighted by atomic mass is 32.2. The molecule has 3 rings (SSSR count). The summed E-state index contributed by atoms with van der Waals surface area (Å²) < 4.78 is 68.0. The van der Waals surface area contributed by atoms with Crippen molar-refractivity contribution in [1.82, 2.24) is 4.98 Å². The molecule has 11 heteroatoms. The van der Waals surface area contributed by atoms with Crippen molar-refractivity contribution in [1.29, 1.82) is 0 Å². The Morgan fingerprint density at radius 2 is 1.78 bits per heavy atom. The number of carbonyl (C=O) groups excluding carboxylic acids is 1. The Kier molecular flexibility index (Phi) is 6.68. The normalized spacial score (nSPS) is 11.6. The third-order valence-corrected chi connectivity index (χ3v) is 6.03. The van der Waals surface area contributed by atoms with E-state index in [-0.39, 0.29) is 22.0 Å². The molecule has 3 aromatic rings. The van der Waals surface area contributed by atoms with Crippen LogP contribution in [0.4, 0.5) is 24.5 Å². The summed E-state index contributed by atoms with van der Waals surface area (Å²) in [5, 5.41) is 2.51. The quantitative estimate of drug-likeness (QED) is 0.568. The average Bonchev–Trinajstić information content (AvgIpc) is 2.78. The van der Waals surface area contributed by atoms with Crippen LogP contribution >= 0.6 is 0 Å². The van der Waals surface area contributed by atoms with Crippen LogP contribution in [0.5, 0.6) is 5.88 Å². The van der Waals surface area contributed by atoms with Crippen LogP contribution in [0.15, 0.2) is 77.8 Å². The van der Waals surface area contributed by atoms with Crippen LogP contribution in [0.25, 0.3) is 0 Å². The number of aromatic nitrogens is 1. The average molecular weight is 465 g/mol. The molecule has 1 aromatic heterocycles. The molecular formula is C21H18F3N3O4S. The van der Waals surface area contributed by atoms with Gasteiger partial charge < -0.3 is 10.1 Å². The molecule has 1 heterocycles. The first-order valence-electron chi connectivity index (χ1n) is 9.17. The van der Waals surface area contributed by atoms with Gasteiger partial charge in [-0.3, -0.25) is 9.10 Å². The number of sulfonamides is 1. The van der Waals surface area contributed by atoms with Crippen molar-refractivity contribution < 1.29 is 31.1 Å². The van der Waals surface area contributed by atoms with Crippen molar-refractivity contribution in [2.24, 2.45) is 0 Å². The summed E-state index contributed by atoms with van der Waals surface area (Å²) in [6, 6.07) is 16.4. The number of benzene rings is 2. The van der Waals surface area contributed by atoms with Crippen LogP contribution in [-0.2, 0) is 10.0 Å². The molecule has 0 saturated carbocycles. The summed E-state index contributed by atoms with van der Waals surface area (Å²) in [4.78, 5) is 16.2. The maximum atomic E-state index is 12.9. The SMILES string of the molecule is CN(c1ccccc1)S(=O)(=O)c1cccc(C(=O)Nc2ccc(OCC(F)(F)F)nc2)c1. The van der Waals surface area contributed by atoms with Gasteiger partial charge in [0.25, 0.3) is 15.9 Å². The molecule has 0 aliphatic heterocycles. The molecule has 0 fully saturated rings. The lowest BCUT2D eigenvalue weighted by atomic mass is 10.2. The lowest BCUT2D eigenvalue weighted by Gasteiger charge is -2.19. The molecule has 0 bridgehead atoms. The van der Waals surface area contributed by atoms with Crippen LogP contribution in [0.2, 0.25) is 0 Å². The van der Waals surface area contributed by atoms with E-state index in [1.54, 1.807) is 30.3 Å². The summed E-state index contributed by atoms with van der Waals surface area (Å²) in [6.45, 7) is -1.48. The highest BCUT2D eigenvalue weighted by molar-refractivity contribution is 7.92. The van der Waals surface area contributed by atoms with E-state index < -0.39 is 28.7 Å². The zero-order valence-electron chi connectivity index (χ0n) is 16.7. The minimum atomic E-state index is -4.49. The molecule has 1 amide bonds. The summed E-state index contributed by atoms with van der Waals surface area (Å²) in [7, 11) is -2.50. The van der Waals surface area contributed by atoms with Crippen molar-refractivity contribution in [2.45, 2.75) is 11.1 Å². The second kappa shape index (κ2) is 9.27. The Labute approximate surface area is 182 Å². The number of para-hydroxylation sites is 1. The summed E-state index contributed by atoms with van der Waals surface area (Å²) in [5.74, 6) is -0.868. The molecule has 0 saturated heterocycles. The highest BCUT2D eigenvalue weighted by Crippen LogP contribution is 2.23. The van der Waals surface area contributed by atoms with Gasteiger partial charge in [-0.1, -0.05) is 24.3 Å². The first kappa shape index (κ1) is 23.1.